The number of hydrogen-bond acceptors (Lipinski definition) is 5. The number of ether oxygens (including phenoxy) is 2. The second-order valence-electron chi connectivity index (χ2n) is 6.45. The molecule has 1 N–H and O–H groups in total. The molecule has 7 nitrogen and oxygen atoms in total. The Bertz CT molecular complexity index is 762. The molecule has 2 amide bonds. The Balaban J connectivity index is 1.55. The van der Waals surface area contributed by atoms with E-state index in [1.54, 1.807) is 25.3 Å². The smallest absolute Gasteiger partial charge is 0.317 e. The number of rotatable bonds is 6. The molecule has 1 aromatic carbocycles. The highest BCUT2D eigenvalue weighted by molar-refractivity contribution is 5.74. The number of amides is 2. The topological polar surface area (TPSA) is 66.9 Å². The number of hydrogen-bond donors (Lipinski definition) is 1. The maximum atomic E-state index is 12.4. The Hall–Kier alpha value is -2.80. The summed E-state index contributed by atoms with van der Waals surface area (Å²) in [6.07, 6.45) is 1.78. The van der Waals surface area contributed by atoms with Crippen LogP contribution in [0.15, 0.2) is 42.6 Å². The number of anilines is 1. The van der Waals surface area contributed by atoms with Crippen LogP contribution in [-0.2, 0) is 17.8 Å². The average Bonchev–Trinajstić information content (AvgIpc) is 2.73. The van der Waals surface area contributed by atoms with Crippen LogP contribution in [0.2, 0.25) is 0 Å². The molecule has 0 aliphatic carbocycles. The second kappa shape index (κ2) is 9.23. The van der Waals surface area contributed by atoms with Crippen LogP contribution in [0.1, 0.15) is 11.1 Å². The monoisotopic (exact) mass is 370 g/mol. The number of nitrogens with zero attached hydrogens (tertiary/aromatic N) is 3. The van der Waals surface area contributed by atoms with E-state index < -0.39 is 0 Å². The third kappa shape index (κ3) is 5.10. The molecule has 2 aromatic rings. The van der Waals surface area contributed by atoms with Crippen LogP contribution >= 0.6 is 0 Å². The first-order valence-corrected chi connectivity index (χ1v) is 9.06. The van der Waals surface area contributed by atoms with Gasteiger partial charge in [0.25, 0.3) is 0 Å². The van der Waals surface area contributed by atoms with Crippen molar-refractivity contribution in [1.29, 1.82) is 0 Å². The SMILES string of the molecule is COc1ccccc1CN(C)C(=O)NCc1ccnc(N2CCOCC2)c1. The first-order chi connectivity index (χ1) is 13.2. The summed E-state index contributed by atoms with van der Waals surface area (Å²) in [5.74, 6) is 1.70. The van der Waals surface area contributed by atoms with Crippen LogP contribution in [0, 0.1) is 0 Å². The fourth-order valence-electron chi connectivity index (χ4n) is 3.01. The summed E-state index contributed by atoms with van der Waals surface area (Å²) in [6.45, 7) is 4.04. The number of carbonyl (C=O) groups excluding carboxylic acids is 1. The molecular weight excluding hydrogens is 344 g/mol. The van der Waals surface area contributed by atoms with Gasteiger partial charge in [0.1, 0.15) is 11.6 Å². The standard InChI is InChI=1S/C20H26N4O3/c1-23(15-17-5-3-4-6-18(17)26-2)20(25)22-14-16-7-8-21-19(13-16)24-9-11-27-12-10-24/h3-8,13H,9-12,14-15H2,1-2H3,(H,22,25). The lowest BCUT2D eigenvalue weighted by atomic mass is 10.2. The van der Waals surface area contributed by atoms with E-state index in [1.165, 1.54) is 0 Å². The molecule has 1 fully saturated rings. The van der Waals surface area contributed by atoms with Gasteiger partial charge in [-0.25, -0.2) is 9.78 Å². The summed E-state index contributed by atoms with van der Waals surface area (Å²) in [5.41, 5.74) is 1.99. The molecule has 1 saturated heterocycles. The minimum atomic E-state index is -0.134. The number of carbonyl (C=O) groups is 1. The molecule has 3 rings (SSSR count). The lowest BCUT2D eigenvalue weighted by Crippen LogP contribution is -2.37. The lowest BCUT2D eigenvalue weighted by molar-refractivity contribution is 0.122. The number of nitrogens with one attached hydrogen (secondary N) is 1. The third-order valence-electron chi connectivity index (χ3n) is 4.54. The Morgan fingerprint density at radius 3 is 2.85 bits per heavy atom. The lowest BCUT2D eigenvalue weighted by Gasteiger charge is -2.28. The van der Waals surface area contributed by atoms with Crippen LogP contribution in [0.25, 0.3) is 0 Å². The van der Waals surface area contributed by atoms with E-state index in [9.17, 15) is 4.79 Å². The fourth-order valence-corrected chi connectivity index (χ4v) is 3.01. The highest BCUT2D eigenvalue weighted by Crippen LogP contribution is 2.19. The summed E-state index contributed by atoms with van der Waals surface area (Å²) >= 11 is 0. The molecule has 2 heterocycles. The largest absolute Gasteiger partial charge is 0.496 e. The zero-order valence-corrected chi connectivity index (χ0v) is 15.9. The van der Waals surface area contributed by atoms with Gasteiger partial charge >= 0.3 is 6.03 Å². The van der Waals surface area contributed by atoms with Gasteiger partial charge in [-0.3, -0.25) is 0 Å². The Morgan fingerprint density at radius 1 is 1.30 bits per heavy atom. The predicted molar refractivity (Wildman–Crippen MR) is 104 cm³/mol. The van der Waals surface area contributed by atoms with E-state index in [1.807, 2.05) is 36.4 Å². The summed E-state index contributed by atoms with van der Waals surface area (Å²) in [6, 6.07) is 11.5. The fraction of sp³-hybridized carbons (Fsp3) is 0.400. The van der Waals surface area contributed by atoms with E-state index >= 15 is 0 Å². The van der Waals surface area contributed by atoms with E-state index in [4.69, 9.17) is 9.47 Å². The van der Waals surface area contributed by atoms with Crippen LogP contribution < -0.4 is 15.0 Å². The number of morpholine rings is 1. The van der Waals surface area contributed by atoms with Gasteiger partial charge in [0.15, 0.2) is 0 Å². The van der Waals surface area contributed by atoms with Crippen molar-refractivity contribution in [1.82, 2.24) is 15.2 Å². The molecule has 0 atom stereocenters. The molecule has 144 valence electrons. The van der Waals surface area contributed by atoms with E-state index in [0.717, 1.165) is 49.0 Å². The van der Waals surface area contributed by atoms with Crippen molar-refractivity contribution in [2.45, 2.75) is 13.1 Å². The molecule has 1 aromatic heterocycles. The number of pyridine rings is 1. The predicted octanol–water partition coefficient (Wildman–Crippen LogP) is 2.27. The van der Waals surface area contributed by atoms with Crippen LogP contribution in [0.5, 0.6) is 5.75 Å². The van der Waals surface area contributed by atoms with Crippen molar-refractivity contribution in [2.75, 3.05) is 45.4 Å². The number of methoxy groups -OCH3 is 1. The maximum absolute atomic E-state index is 12.4. The maximum Gasteiger partial charge on any atom is 0.317 e. The second-order valence-corrected chi connectivity index (χ2v) is 6.45. The summed E-state index contributed by atoms with van der Waals surface area (Å²) < 4.78 is 10.7. The van der Waals surface area contributed by atoms with E-state index in [2.05, 4.69) is 15.2 Å². The van der Waals surface area contributed by atoms with Gasteiger partial charge in [-0.1, -0.05) is 18.2 Å². The number of benzene rings is 1. The van der Waals surface area contributed by atoms with Gasteiger partial charge in [-0.15, -0.1) is 0 Å². The third-order valence-corrected chi connectivity index (χ3v) is 4.54. The Kier molecular flexibility index (Phi) is 6.49. The summed E-state index contributed by atoms with van der Waals surface area (Å²) in [4.78, 5) is 20.7. The van der Waals surface area contributed by atoms with Gasteiger partial charge in [-0.05, 0) is 23.8 Å². The van der Waals surface area contributed by atoms with Gasteiger partial charge in [0.05, 0.1) is 26.9 Å². The zero-order valence-electron chi connectivity index (χ0n) is 15.9. The van der Waals surface area contributed by atoms with Gasteiger partial charge in [0.2, 0.25) is 0 Å². The quantitative estimate of drug-likeness (QED) is 0.845. The van der Waals surface area contributed by atoms with Crippen molar-refractivity contribution in [3.63, 3.8) is 0 Å². The van der Waals surface area contributed by atoms with Gasteiger partial charge in [0, 0.05) is 38.4 Å². The van der Waals surface area contributed by atoms with Crippen molar-refractivity contribution in [2.24, 2.45) is 0 Å². The van der Waals surface area contributed by atoms with Crippen LogP contribution in [-0.4, -0.2) is 56.4 Å². The minimum Gasteiger partial charge on any atom is -0.496 e. The molecule has 1 aliphatic heterocycles. The first-order valence-electron chi connectivity index (χ1n) is 9.06. The Morgan fingerprint density at radius 2 is 2.07 bits per heavy atom. The molecule has 27 heavy (non-hydrogen) atoms. The molecule has 0 spiro atoms. The molecular formula is C20H26N4O3. The highest BCUT2D eigenvalue weighted by atomic mass is 16.5. The molecule has 0 radical (unpaired) electrons. The highest BCUT2D eigenvalue weighted by Gasteiger charge is 2.14. The number of aromatic nitrogens is 1. The van der Waals surface area contributed by atoms with Crippen molar-refractivity contribution < 1.29 is 14.3 Å². The van der Waals surface area contributed by atoms with Crippen LogP contribution in [0.4, 0.5) is 10.6 Å². The normalized spacial score (nSPS) is 13.9. The Labute approximate surface area is 159 Å². The molecule has 0 bridgehead atoms. The van der Waals surface area contributed by atoms with E-state index in [-0.39, 0.29) is 6.03 Å². The minimum absolute atomic E-state index is 0.134. The molecule has 0 saturated carbocycles. The van der Waals surface area contributed by atoms with Crippen molar-refractivity contribution >= 4 is 11.8 Å². The first kappa shape index (κ1) is 19.0. The number of urea groups is 1. The molecule has 7 heteroatoms. The van der Waals surface area contributed by atoms with Crippen molar-refractivity contribution in [3.8, 4) is 5.75 Å². The summed E-state index contributed by atoms with van der Waals surface area (Å²) in [7, 11) is 3.40. The molecule has 0 unspecified atom stereocenters. The molecule has 1 aliphatic rings. The summed E-state index contributed by atoms with van der Waals surface area (Å²) in [5, 5.41) is 2.96. The van der Waals surface area contributed by atoms with Gasteiger partial charge in [-0.2, -0.15) is 0 Å². The van der Waals surface area contributed by atoms with Gasteiger partial charge < -0.3 is 24.6 Å². The van der Waals surface area contributed by atoms with E-state index in [0.29, 0.717) is 13.1 Å². The average molecular weight is 370 g/mol. The zero-order chi connectivity index (χ0) is 19.1. The van der Waals surface area contributed by atoms with Crippen molar-refractivity contribution in [3.05, 3.63) is 53.7 Å². The van der Waals surface area contributed by atoms with Crippen LogP contribution in [0.3, 0.4) is 0 Å². The number of para-hydroxylation sites is 1.